The molecule has 0 aromatic carbocycles. The van der Waals surface area contributed by atoms with Crippen molar-refractivity contribution < 1.29 is 0 Å². The average molecular weight is 210 g/mol. The molecule has 1 fully saturated rings. The van der Waals surface area contributed by atoms with Crippen molar-refractivity contribution in [1.82, 2.24) is 14.7 Å². The van der Waals surface area contributed by atoms with Gasteiger partial charge in [-0.05, 0) is 13.6 Å². The van der Waals surface area contributed by atoms with Gasteiger partial charge in [0.2, 0.25) is 0 Å². The van der Waals surface area contributed by atoms with Crippen LogP contribution in [-0.2, 0) is 0 Å². The lowest BCUT2D eigenvalue weighted by Gasteiger charge is -2.33. The van der Waals surface area contributed by atoms with Crippen LogP contribution in [0.3, 0.4) is 0 Å². The number of piperazine rings is 1. The Bertz CT molecular complexity index is 203. The highest BCUT2D eigenvalue weighted by molar-refractivity contribution is 4.77. The Morgan fingerprint density at radius 1 is 1.27 bits per heavy atom. The summed E-state index contributed by atoms with van der Waals surface area (Å²) in [6, 6.07) is 2.21. The summed E-state index contributed by atoms with van der Waals surface area (Å²) in [5.41, 5.74) is 0. The Balaban J connectivity index is 2.16. The highest BCUT2D eigenvalue weighted by Crippen LogP contribution is 1.99. The third-order valence-electron chi connectivity index (χ3n) is 3.07. The summed E-state index contributed by atoms with van der Waals surface area (Å²) in [4.78, 5) is 7.04. The number of nitrogens with zero attached hydrogens (tertiary/aromatic N) is 4. The summed E-state index contributed by atoms with van der Waals surface area (Å²) in [6.45, 7) is 10.4. The SMILES string of the molecule is CCN(CC#N)CCN1CCN(C)CC1. The zero-order valence-corrected chi connectivity index (χ0v) is 9.95. The molecular formula is C11H22N4. The maximum atomic E-state index is 8.63. The van der Waals surface area contributed by atoms with Gasteiger partial charge in [-0.1, -0.05) is 6.92 Å². The zero-order valence-electron chi connectivity index (χ0n) is 9.95. The summed E-state index contributed by atoms with van der Waals surface area (Å²) >= 11 is 0. The second kappa shape index (κ2) is 6.78. The number of nitriles is 1. The Morgan fingerprint density at radius 2 is 1.93 bits per heavy atom. The molecule has 1 aliphatic heterocycles. The van der Waals surface area contributed by atoms with Crippen molar-refractivity contribution in [1.29, 1.82) is 5.26 Å². The molecule has 0 saturated carbocycles. The molecule has 15 heavy (non-hydrogen) atoms. The number of likely N-dealkylation sites (N-methyl/N-ethyl adjacent to an activating group) is 2. The fourth-order valence-corrected chi connectivity index (χ4v) is 1.80. The first-order valence-electron chi connectivity index (χ1n) is 5.76. The first kappa shape index (κ1) is 12.4. The molecule has 0 bridgehead atoms. The number of hydrogen-bond donors (Lipinski definition) is 0. The molecule has 0 aliphatic carbocycles. The second-order valence-electron chi connectivity index (χ2n) is 4.17. The standard InChI is InChI=1S/C11H22N4/c1-3-14(5-4-12)10-11-15-8-6-13(2)7-9-15/h3,5-11H2,1-2H3. The molecule has 1 heterocycles. The van der Waals surface area contributed by atoms with Crippen molar-refractivity contribution in [3.05, 3.63) is 0 Å². The van der Waals surface area contributed by atoms with Crippen LogP contribution in [-0.4, -0.2) is 74.1 Å². The van der Waals surface area contributed by atoms with E-state index in [0.717, 1.165) is 19.6 Å². The lowest BCUT2D eigenvalue weighted by molar-refractivity contribution is 0.139. The van der Waals surface area contributed by atoms with Crippen molar-refractivity contribution in [3.8, 4) is 6.07 Å². The van der Waals surface area contributed by atoms with Crippen LogP contribution in [0.25, 0.3) is 0 Å². The molecule has 4 nitrogen and oxygen atoms in total. The minimum atomic E-state index is 0.560. The van der Waals surface area contributed by atoms with Crippen LogP contribution >= 0.6 is 0 Å². The number of rotatable bonds is 5. The molecule has 1 aliphatic rings. The molecule has 0 atom stereocenters. The summed E-state index contributed by atoms with van der Waals surface area (Å²) < 4.78 is 0. The van der Waals surface area contributed by atoms with E-state index in [4.69, 9.17) is 5.26 Å². The summed E-state index contributed by atoms with van der Waals surface area (Å²) in [5.74, 6) is 0. The van der Waals surface area contributed by atoms with Gasteiger partial charge in [0.25, 0.3) is 0 Å². The molecule has 0 spiro atoms. The van der Waals surface area contributed by atoms with E-state index in [-0.39, 0.29) is 0 Å². The van der Waals surface area contributed by atoms with Crippen LogP contribution in [0, 0.1) is 11.3 Å². The third kappa shape index (κ3) is 4.61. The first-order chi connectivity index (χ1) is 7.26. The summed E-state index contributed by atoms with van der Waals surface area (Å²) in [5, 5.41) is 8.63. The fraction of sp³-hybridized carbons (Fsp3) is 0.909. The van der Waals surface area contributed by atoms with E-state index in [0.29, 0.717) is 6.54 Å². The second-order valence-corrected chi connectivity index (χ2v) is 4.17. The highest BCUT2D eigenvalue weighted by Gasteiger charge is 2.13. The Labute approximate surface area is 93.1 Å². The minimum absolute atomic E-state index is 0.560. The largest absolute Gasteiger partial charge is 0.304 e. The van der Waals surface area contributed by atoms with Gasteiger partial charge < -0.3 is 4.90 Å². The molecule has 1 saturated heterocycles. The van der Waals surface area contributed by atoms with E-state index in [9.17, 15) is 0 Å². The Kier molecular flexibility index (Phi) is 5.62. The van der Waals surface area contributed by atoms with Gasteiger partial charge in [-0.15, -0.1) is 0 Å². The molecule has 0 N–H and O–H groups in total. The van der Waals surface area contributed by atoms with Crippen molar-refractivity contribution in [3.63, 3.8) is 0 Å². The van der Waals surface area contributed by atoms with Crippen molar-refractivity contribution in [2.45, 2.75) is 6.92 Å². The maximum absolute atomic E-state index is 8.63. The van der Waals surface area contributed by atoms with Gasteiger partial charge in [-0.3, -0.25) is 9.80 Å². The molecule has 0 amide bonds. The third-order valence-corrected chi connectivity index (χ3v) is 3.07. The molecule has 0 unspecified atom stereocenters. The smallest absolute Gasteiger partial charge is 0.0866 e. The Morgan fingerprint density at radius 3 is 2.47 bits per heavy atom. The van der Waals surface area contributed by atoms with Crippen LogP contribution in [0.15, 0.2) is 0 Å². The predicted molar refractivity (Wildman–Crippen MR) is 61.7 cm³/mol. The van der Waals surface area contributed by atoms with Crippen LogP contribution in [0.1, 0.15) is 6.92 Å². The van der Waals surface area contributed by atoms with Crippen molar-refractivity contribution >= 4 is 0 Å². The molecule has 0 aromatic rings. The van der Waals surface area contributed by atoms with Crippen LogP contribution in [0.4, 0.5) is 0 Å². The van der Waals surface area contributed by atoms with E-state index in [1.807, 2.05) is 0 Å². The lowest BCUT2D eigenvalue weighted by atomic mass is 10.3. The van der Waals surface area contributed by atoms with E-state index < -0.39 is 0 Å². The van der Waals surface area contributed by atoms with Gasteiger partial charge in [-0.25, -0.2) is 0 Å². The van der Waals surface area contributed by atoms with Crippen LogP contribution in [0.2, 0.25) is 0 Å². The Hall–Kier alpha value is -0.630. The van der Waals surface area contributed by atoms with E-state index in [2.05, 4.69) is 34.7 Å². The van der Waals surface area contributed by atoms with Gasteiger partial charge in [-0.2, -0.15) is 5.26 Å². The van der Waals surface area contributed by atoms with E-state index >= 15 is 0 Å². The van der Waals surface area contributed by atoms with Gasteiger partial charge in [0.05, 0.1) is 12.6 Å². The van der Waals surface area contributed by atoms with Gasteiger partial charge in [0, 0.05) is 39.3 Å². The zero-order chi connectivity index (χ0) is 11.1. The van der Waals surface area contributed by atoms with Gasteiger partial charge in [0.15, 0.2) is 0 Å². The topological polar surface area (TPSA) is 33.5 Å². The predicted octanol–water partition coefficient (Wildman–Crippen LogP) is 0.0793. The molecule has 1 rings (SSSR count). The average Bonchev–Trinajstić information content (AvgIpc) is 2.26. The van der Waals surface area contributed by atoms with Crippen LogP contribution in [0.5, 0.6) is 0 Å². The lowest BCUT2D eigenvalue weighted by Crippen LogP contribution is -2.47. The molecule has 0 radical (unpaired) electrons. The minimum Gasteiger partial charge on any atom is -0.304 e. The quantitative estimate of drug-likeness (QED) is 0.602. The molecule has 0 aromatic heterocycles. The molecular weight excluding hydrogens is 188 g/mol. The maximum Gasteiger partial charge on any atom is 0.0866 e. The van der Waals surface area contributed by atoms with Crippen LogP contribution < -0.4 is 0 Å². The fourth-order valence-electron chi connectivity index (χ4n) is 1.80. The molecule has 4 heteroatoms. The van der Waals surface area contributed by atoms with E-state index in [1.165, 1.54) is 26.2 Å². The monoisotopic (exact) mass is 210 g/mol. The highest BCUT2D eigenvalue weighted by atomic mass is 15.3. The summed E-state index contributed by atoms with van der Waals surface area (Å²) in [6.07, 6.45) is 0. The van der Waals surface area contributed by atoms with Gasteiger partial charge in [0.1, 0.15) is 0 Å². The molecule has 86 valence electrons. The normalized spacial score (nSPS) is 19.3. The first-order valence-corrected chi connectivity index (χ1v) is 5.76. The van der Waals surface area contributed by atoms with E-state index in [1.54, 1.807) is 0 Å². The summed E-state index contributed by atoms with van der Waals surface area (Å²) in [7, 11) is 2.17. The van der Waals surface area contributed by atoms with Crippen molar-refractivity contribution in [2.24, 2.45) is 0 Å². The van der Waals surface area contributed by atoms with Gasteiger partial charge >= 0.3 is 0 Å². The number of hydrogen-bond acceptors (Lipinski definition) is 4. The van der Waals surface area contributed by atoms with Crippen molar-refractivity contribution in [2.75, 3.05) is 59.4 Å².